The van der Waals surface area contributed by atoms with E-state index in [4.69, 9.17) is 30.7 Å². The second-order valence-corrected chi connectivity index (χ2v) is 36.3. The van der Waals surface area contributed by atoms with E-state index in [0.29, 0.717) is 94.3 Å². The number of aromatic amines is 5. The first-order valence-corrected chi connectivity index (χ1v) is 47.1. The van der Waals surface area contributed by atoms with E-state index in [1.54, 1.807) is 48.0 Å². The molecule has 6 aliphatic rings. The highest BCUT2D eigenvalue weighted by Crippen LogP contribution is 2.45. The number of nitrogen functional groups attached to an aromatic ring is 1. The van der Waals surface area contributed by atoms with Gasteiger partial charge in [0.15, 0.2) is 56.2 Å². The van der Waals surface area contributed by atoms with E-state index in [0.717, 1.165) is 100 Å². The molecule has 0 aliphatic carbocycles. The molecule has 5 aromatic carbocycles. The number of benzene rings is 5. The van der Waals surface area contributed by atoms with Crippen LogP contribution in [-0.2, 0) is 15.6 Å². The van der Waals surface area contributed by atoms with Crippen LogP contribution in [0.4, 0.5) is 97.2 Å². The zero-order valence-electron chi connectivity index (χ0n) is 80.4. The Morgan fingerprint density at radius 2 is 0.823 bits per heavy atom. The van der Waals surface area contributed by atoms with Gasteiger partial charge in [0, 0.05) is 103 Å². The molecule has 756 valence electrons. The van der Waals surface area contributed by atoms with E-state index < -0.39 is 110 Å². The highest BCUT2D eigenvalue weighted by Gasteiger charge is 2.37. The van der Waals surface area contributed by atoms with Gasteiger partial charge in [-0.25, -0.2) is 49.7 Å². The number of hydrogen-bond acceptors (Lipinski definition) is 40. The smallest absolute Gasteiger partial charge is 0.349 e. The third-order valence-electron chi connectivity index (χ3n) is 23.5. The Bertz CT molecular complexity index is 7370. The van der Waals surface area contributed by atoms with Crippen LogP contribution in [0.3, 0.4) is 0 Å². The number of anilines is 13. The van der Waals surface area contributed by atoms with Crippen LogP contribution in [0.2, 0.25) is 0 Å². The van der Waals surface area contributed by atoms with Crippen molar-refractivity contribution in [2.75, 3.05) is 160 Å². The molecule has 1 unspecified atom stereocenters. The number of nitrogens with two attached hydrogens (primary N) is 1. The maximum atomic E-state index is 12.5. The average Bonchev–Trinajstić information content (AvgIpc) is 0.766. The van der Waals surface area contributed by atoms with Gasteiger partial charge in [0.25, 0.3) is 27.8 Å². The number of nitrogens with one attached hydrogen (secondary N) is 6. The molecule has 47 nitrogen and oxygen atoms in total. The summed E-state index contributed by atoms with van der Waals surface area (Å²) in [5.41, 5.74) is 19.1. The second kappa shape index (κ2) is 46.2. The van der Waals surface area contributed by atoms with Gasteiger partial charge in [-0.15, -0.1) is 0 Å². The largest absolute Gasteiger partial charge is 0.398 e. The summed E-state index contributed by atoms with van der Waals surface area (Å²) in [7, 11) is 6.17. The molecule has 4 aromatic heterocycles. The molecule has 48 heteroatoms. The summed E-state index contributed by atoms with van der Waals surface area (Å²) in [6, 6.07) is 18.6. The Kier molecular flexibility index (Phi) is 35.3. The number of rotatable bonds is 32. The maximum Gasteiger partial charge on any atom is 0.349 e. The van der Waals surface area contributed by atoms with Crippen molar-refractivity contribution in [2.24, 2.45) is 20.0 Å². The van der Waals surface area contributed by atoms with Crippen LogP contribution in [0.5, 0.6) is 0 Å². The predicted molar refractivity (Wildman–Crippen MR) is 535 cm³/mol. The normalized spacial score (nSPS) is 14.7. The fourth-order valence-electron chi connectivity index (χ4n) is 16.3. The highest BCUT2D eigenvalue weighted by atomic mass is 31.2. The minimum atomic E-state index is -3.47. The van der Waals surface area contributed by atoms with Crippen LogP contribution in [0.15, 0.2) is 109 Å². The third-order valence-corrected chi connectivity index (χ3v) is 24.2. The van der Waals surface area contributed by atoms with Gasteiger partial charge in [-0.2, -0.15) is 4.98 Å². The first kappa shape index (κ1) is 108. The molecule has 15 rings (SSSR count). The highest BCUT2D eigenvalue weighted by molar-refractivity contribution is 7.51. The lowest BCUT2D eigenvalue weighted by molar-refractivity contribution is -0.0727. The van der Waals surface area contributed by atoms with Gasteiger partial charge >= 0.3 is 13.3 Å². The molecule has 9 aromatic rings. The van der Waals surface area contributed by atoms with Crippen molar-refractivity contribution in [2.45, 2.75) is 142 Å². The van der Waals surface area contributed by atoms with E-state index in [2.05, 4.69) is 122 Å². The molecular formula is C93H122N25O22P. The average molecular weight is 1970 g/mol. The number of H-pyrrole nitrogens is 5. The number of hydrogen-bond donors (Lipinski definition) is 21. The molecular weight excluding hydrogens is 1850 g/mol. The van der Waals surface area contributed by atoms with Crippen LogP contribution >= 0.6 is 7.60 Å². The summed E-state index contributed by atoms with van der Waals surface area (Å²) in [6.07, 6.45) is -10.1. The quantitative estimate of drug-likeness (QED) is 0.00868. The fraction of sp³-hybridized carbons (Fsp3) is 0.419. The van der Waals surface area contributed by atoms with Gasteiger partial charge < -0.3 is 146 Å². The van der Waals surface area contributed by atoms with Crippen molar-refractivity contribution < 1.29 is 80.4 Å². The SMILES string of the molecule is C=c1nc2c(c(=O)[nH]1)=Nc1cc(C)c(N(C)C)cc1N2CCCCO.C=c1nc2c(c(=O)[nH]1)=Nc1cc(C)c(N(CC)CC)cc1N2C[C@H](O)[C@H](O)[C@H](O)CO.C=c1nc2c(c(=O)[nH]1)=Nc1cc(C)c(N)cc1N2C[C@H](O)[C@H](O)[C@H](O)CO.C=c1nc2c(c(=O)[nH]1)=Nc1cc(C)c(NC)cc1N2C[C@H](O)[C@H](O)[C@H](O)CO.Cc1cc2nc3c(=O)[nH]c(=O)nc-3n(CCCCCOP(C)(=O)O)c2cc1N(C)C. The van der Waals surface area contributed by atoms with E-state index >= 15 is 0 Å². The predicted octanol–water partition coefficient (Wildman–Crippen LogP) is -2.94. The Morgan fingerprint density at radius 3 is 1.23 bits per heavy atom. The van der Waals surface area contributed by atoms with Crippen LogP contribution in [0.1, 0.15) is 73.8 Å². The van der Waals surface area contributed by atoms with E-state index in [1.807, 2.05) is 114 Å². The summed E-state index contributed by atoms with van der Waals surface area (Å²) < 4.78 is 17.9. The minimum absolute atomic E-state index is 0.0310. The summed E-state index contributed by atoms with van der Waals surface area (Å²) in [5, 5.41) is 130. The van der Waals surface area contributed by atoms with Gasteiger partial charge in [-0.1, -0.05) is 26.3 Å². The maximum absolute atomic E-state index is 12.5. The van der Waals surface area contributed by atoms with E-state index in [-0.39, 0.29) is 99.9 Å². The van der Waals surface area contributed by atoms with Crippen LogP contribution < -0.4 is 122 Å². The lowest BCUT2D eigenvalue weighted by Crippen LogP contribution is -2.48. The first-order valence-electron chi connectivity index (χ1n) is 45.1. The van der Waals surface area contributed by atoms with E-state index in [9.17, 15) is 84.2 Å². The van der Waals surface area contributed by atoms with E-state index in [1.165, 1.54) is 4.90 Å². The lowest BCUT2D eigenvalue weighted by Gasteiger charge is -2.33. The molecule has 22 N–H and O–H groups in total. The van der Waals surface area contributed by atoms with Gasteiger partial charge in [0.05, 0.1) is 103 Å². The molecule has 0 saturated carbocycles. The topological polar surface area (TPSA) is 683 Å². The number of nitrogens with zero attached hydrogens (tertiary/aromatic N) is 18. The molecule has 0 fully saturated rings. The Balaban J connectivity index is 0.000000169. The number of aliphatic hydroxyl groups excluding tert-OH is 13. The van der Waals surface area contributed by atoms with Gasteiger partial charge in [-0.05, 0) is 169 Å². The Labute approximate surface area is 805 Å². The van der Waals surface area contributed by atoms with Crippen molar-refractivity contribution in [1.82, 2.24) is 59.4 Å². The molecule has 0 amide bonds. The van der Waals surface area contributed by atoms with Crippen molar-refractivity contribution in [1.29, 1.82) is 0 Å². The van der Waals surface area contributed by atoms with Gasteiger partial charge in [0.2, 0.25) is 0 Å². The Morgan fingerprint density at radius 1 is 0.447 bits per heavy atom. The summed E-state index contributed by atoms with van der Waals surface area (Å²) in [4.78, 5) is 151. The summed E-state index contributed by atoms with van der Waals surface area (Å²) in [6.45, 7) is 29.9. The van der Waals surface area contributed by atoms with Crippen molar-refractivity contribution in [3.8, 4) is 11.5 Å². The number of aromatic nitrogens is 12. The van der Waals surface area contributed by atoms with Crippen LogP contribution in [0.25, 0.3) is 48.9 Å². The fourth-order valence-corrected chi connectivity index (χ4v) is 16.7. The monoisotopic (exact) mass is 1970 g/mol. The molecule has 0 saturated heterocycles. The van der Waals surface area contributed by atoms with Crippen LogP contribution in [-0.4, -0.2) is 300 Å². The van der Waals surface area contributed by atoms with Crippen molar-refractivity contribution in [3.05, 3.63) is 194 Å². The standard InChI is InChI=1S/C21H29N5O5.C19H26N5O5P.C18H23N5O5.C18H23N5O2.C17H21N5O5/c1-5-25(6-2)14-8-15-13(7-11(14)3)24-18-20(22-12(4)23-21(18)31)26(15)9-16(28)19(30)17(29)10-27;1-12-10-13-15(11-14(12)23(2)3)24(8-6-5-7-9-29-30(4,27)28)17-16(20-13)18(25)22-19(26)21-17;1-8-4-11-12(5-10(8)19-3)23(6-13(25)16(27)14(26)7-24)17-15(22-11)18(28)21-9(2)20-17;1-11-9-13-15(10-14(11)22(3)4)23(7-5-6-8-24)17-16(21-13)18(25)20-12(2)19-17;1-7-3-10-11(4-9(7)18)22(5-12(24)15(26)13(25)6-23)16-14(21-10)17(27)20-8(2)19-16/h7-8,16-17,19,27-30H,4-6,9-10H2,1-3H3,(H,23,31);10-11H,5-9H2,1-4H3,(H,27,28)(H,22,25,26);4-5,13-14,16,19,24-27H,2,6-7H2,1,3H3,(H,21,28);9-10,24H,2,5-8H2,1,3-4H3,(H,20,25);3-4,12-13,15,23-26H,2,5-6,18H2,1H3,(H,20,27)/t16-,17+,19-;;13-,14+,16-;;12-,13+,15-/m0.0.0/s1. The molecule has 0 spiro atoms. The molecule has 10 heterocycles. The summed E-state index contributed by atoms with van der Waals surface area (Å²) in [5.74, 6) is 1.28. The summed E-state index contributed by atoms with van der Waals surface area (Å²) >= 11 is 0. The van der Waals surface area contributed by atoms with Crippen LogP contribution in [0, 0.1) is 34.6 Å². The molecule has 10 atom stereocenters. The number of aliphatic hydroxyl groups is 13. The zero-order chi connectivity index (χ0) is 104. The number of unbranched alkanes of at least 4 members (excludes halogenated alkanes) is 3. The molecule has 6 aliphatic heterocycles. The zero-order valence-corrected chi connectivity index (χ0v) is 81.3. The number of fused-ring (bicyclic) bond motifs is 10. The van der Waals surface area contributed by atoms with Gasteiger partial charge in [0.1, 0.15) is 76.9 Å². The van der Waals surface area contributed by atoms with Crippen molar-refractivity contribution in [3.63, 3.8) is 0 Å². The second-order valence-electron chi connectivity index (χ2n) is 34.5. The molecule has 141 heavy (non-hydrogen) atoms. The van der Waals surface area contributed by atoms with Crippen molar-refractivity contribution >= 4 is 142 Å². The molecule has 0 bridgehead atoms. The third kappa shape index (κ3) is 24.7. The van der Waals surface area contributed by atoms with Gasteiger partial charge in [-0.3, -0.25) is 33.5 Å². The first-order chi connectivity index (χ1) is 66.7. The molecule has 0 radical (unpaired) electrons. The minimum Gasteiger partial charge on any atom is -0.398 e. The lowest BCUT2D eigenvalue weighted by atomic mass is 10.0. The Hall–Kier alpha value is -13.6. The number of β-amino-alcohol motifs (C(OH)–C–C–N with tert-alkyl or cyclic N) is 3. The number of aryl methyl sites for hydroxylation is 6.